The van der Waals surface area contributed by atoms with Crippen molar-refractivity contribution in [3.63, 3.8) is 0 Å². The Hall–Kier alpha value is -0.830. The fourth-order valence-electron chi connectivity index (χ4n) is 4.65. The summed E-state index contributed by atoms with van der Waals surface area (Å²) in [6.07, 6.45) is 15.3. The van der Waals surface area contributed by atoms with Crippen LogP contribution in [0.1, 0.15) is 63.5 Å². The third-order valence-electron chi connectivity index (χ3n) is 5.64. The highest BCUT2D eigenvalue weighted by molar-refractivity contribution is 5.09. The molecule has 2 fully saturated rings. The molecule has 2 aliphatic rings. The highest BCUT2D eigenvalue weighted by atomic mass is 15.2. The van der Waals surface area contributed by atoms with E-state index in [0.717, 1.165) is 18.3 Å². The van der Waals surface area contributed by atoms with E-state index in [2.05, 4.69) is 11.2 Å². The fraction of sp³-hybridized carbons (Fsp3) is 0.824. The van der Waals surface area contributed by atoms with Gasteiger partial charge in [0.25, 0.3) is 0 Å². The predicted octanol–water partition coefficient (Wildman–Crippen LogP) is 3.43. The molecule has 1 heterocycles. The largest absolute Gasteiger partial charge is 0.324 e. The molecule has 3 nitrogen and oxygen atoms in total. The Labute approximate surface area is 122 Å². The second-order valence-electron chi connectivity index (χ2n) is 7.14. The quantitative estimate of drug-likeness (QED) is 0.918. The summed E-state index contributed by atoms with van der Waals surface area (Å²) >= 11 is 0. The lowest BCUT2D eigenvalue weighted by Gasteiger charge is -2.46. The van der Waals surface area contributed by atoms with Gasteiger partial charge in [0.15, 0.2) is 0 Å². The third kappa shape index (κ3) is 2.93. The van der Waals surface area contributed by atoms with Crippen LogP contribution in [0, 0.1) is 11.8 Å². The van der Waals surface area contributed by atoms with E-state index in [1.165, 1.54) is 63.5 Å². The van der Waals surface area contributed by atoms with Gasteiger partial charge in [-0.05, 0) is 30.7 Å². The summed E-state index contributed by atoms with van der Waals surface area (Å²) in [5.74, 6) is 1.59. The van der Waals surface area contributed by atoms with Crippen molar-refractivity contribution in [2.75, 3.05) is 0 Å². The molecular formula is C17H29N3. The standard InChI is InChI=1S/C17H29N3/c1-20-12-10-15(19-20)13-17(18)11-6-5-9-16(17)14-7-3-2-4-8-14/h10,12,14,16H,2-9,11,13,18H2,1H3. The molecule has 2 N–H and O–H groups in total. The van der Waals surface area contributed by atoms with Gasteiger partial charge >= 0.3 is 0 Å². The predicted molar refractivity (Wildman–Crippen MR) is 82.4 cm³/mol. The van der Waals surface area contributed by atoms with Gasteiger partial charge in [-0.3, -0.25) is 4.68 Å². The summed E-state index contributed by atoms with van der Waals surface area (Å²) in [5, 5.41) is 4.57. The topological polar surface area (TPSA) is 43.8 Å². The van der Waals surface area contributed by atoms with Gasteiger partial charge in [-0.25, -0.2) is 0 Å². The molecule has 2 unspecified atom stereocenters. The number of hydrogen-bond acceptors (Lipinski definition) is 2. The maximum Gasteiger partial charge on any atom is 0.0642 e. The number of aromatic nitrogens is 2. The van der Waals surface area contributed by atoms with Crippen LogP contribution >= 0.6 is 0 Å². The van der Waals surface area contributed by atoms with E-state index >= 15 is 0 Å². The summed E-state index contributed by atoms with van der Waals surface area (Å²) in [5.41, 5.74) is 8.10. The average molecular weight is 275 g/mol. The Bertz CT molecular complexity index is 433. The van der Waals surface area contributed by atoms with Crippen molar-refractivity contribution in [3.8, 4) is 0 Å². The van der Waals surface area contributed by atoms with Crippen LogP contribution in [0.5, 0.6) is 0 Å². The van der Waals surface area contributed by atoms with Crippen molar-refractivity contribution >= 4 is 0 Å². The van der Waals surface area contributed by atoms with Crippen LogP contribution in [0.15, 0.2) is 12.3 Å². The van der Waals surface area contributed by atoms with Crippen LogP contribution in [0.3, 0.4) is 0 Å². The molecule has 0 saturated heterocycles. The lowest BCUT2D eigenvalue weighted by molar-refractivity contribution is 0.0987. The van der Waals surface area contributed by atoms with Crippen molar-refractivity contribution in [3.05, 3.63) is 18.0 Å². The van der Waals surface area contributed by atoms with E-state index in [9.17, 15) is 0 Å². The Morgan fingerprint density at radius 1 is 1.20 bits per heavy atom. The smallest absolute Gasteiger partial charge is 0.0642 e. The van der Waals surface area contributed by atoms with Crippen molar-refractivity contribution in [1.29, 1.82) is 0 Å². The molecule has 2 atom stereocenters. The van der Waals surface area contributed by atoms with E-state index in [4.69, 9.17) is 5.73 Å². The zero-order valence-electron chi connectivity index (χ0n) is 12.9. The molecule has 1 aromatic heterocycles. The summed E-state index contributed by atoms with van der Waals surface area (Å²) in [6.45, 7) is 0. The zero-order valence-corrected chi connectivity index (χ0v) is 12.9. The molecule has 0 radical (unpaired) electrons. The van der Waals surface area contributed by atoms with Gasteiger partial charge in [0.1, 0.15) is 0 Å². The number of nitrogens with two attached hydrogens (primary N) is 1. The minimum atomic E-state index is -0.00535. The summed E-state index contributed by atoms with van der Waals surface area (Å²) in [4.78, 5) is 0. The van der Waals surface area contributed by atoms with Crippen LogP contribution in [0.25, 0.3) is 0 Å². The monoisotopic (exact) mass is 275 g/mol. The fourth-order valence-corrected chi connectivity index (χ4v) is 4.65. The SMILES string of the molecule is Cn1ccc(CC2(N)CCCCC2C2CCCCC2)n1. The Kier molecular flexibility index (Phi) is 4.16. The highest BCUT2D eigenvalue weighted by Gasteiger charge is 2.41. The molecule has 20 heavy (non-hydrogen) atoms. The third-order valence-corrected chi connectivity index (χ3v) is 5.64. The highest BCUT2D eigenvalue weighted by Crippen LogP contribution is 2.43. The number of rotatable bonds is 3. The maximum absolute atomic E-state index is 6.93. The normalized spacial score (nSPS) is 32.4. The van der Waals surface area contributed by atoms with Gasteiger partial charge in [0.05, 0.1) is 5.69 Å². The van der Waals surface area contributed by atoms with Crippen LogP contribution in [-0.2, 0) is 13.5 Å². The van der Waals surface area contributed by atoms with Crippen molar-refractivity contribution in [2.45, 2.75) is 69.7 Å². The van der Waals surface area contributed by atoms with Crippen LogP contribution in [0.2, 0.25) is 0 Å². The average Bonchev–Trinajstić information content (AvgIpc) is 2.85. The molecule has 2 aliphatic carbocycles. The molecule has 3 rings (SSSR count). The second kappa shape index (κ2) is 5.88. The van der Waals surface area contributed by atoms with Crippen LogP contribution < -0.4 is 5.73 Å². The second-order valence-corrected chi connectivity index (χ2v) is 7.14. The van der Waals surface area contributed by atoms with E-state index < -0.39 is 0 Å². The van der Waals surface area contributed by atoms with E-state index in [1.54, 1.807) is 0 Å². The molecule has 0 aliphatic heterocycles. The van der Waals surface area contributed by atoms with Gasteiger partial charge in [0.2, 0.25) is 0 Å². The molecule has 112 valence electrons. The van der Waals surface area contributed by atoms with Crippen molar-refractivity contribution < 1.29 is 0 Å². The number of aryl methyl sites for hydroxylation is 1. The van der Waals surface area contributed by atoms with Gasteiger partial charge in [0, 0.05) is 25.2 Å². The zero-order chi connectivity index (χ0) is 14.0. The lowest BCUT2D eigenvalue weighted by atomic mass is 9.63. The first-order chi connectivity index (χ1) is 9.67. The molecule has 1 aromatic rings. The van der Waals surface area contributed by atoms with Gasteiger partial charge in [-0.1, -0.05) is 44.9 Å². The summed E-state index contributed by atoms with van der Waals surface area (Å²) in [7, 11) is 1.99. The van der Waals surface area contributed by atoms with Crippen molar-refractivity contribution in [2.24, 2.45) is 24.6 Å². The van der Waals surface area contributed by atoms with E-state index in [0.29, 0.717) is 0 Å². The molecule has 0 bridgehead atoms. The first-order valence-corrected chi connectivity index (χ1v) is 8.45. The molecule has 3 heteroatoms. The lowest BCUT2D eigenvalue weighted by Crippen LogP contribution is -2.54. The minimum absolute atomic E-state index is 0.00535. The van der Waals surface area contributed by atoms with Gasteiger partial charge in [-0.2, -0.15) is 5.10 Å². The van der Waals surface area contributed by atoms with Gasteiger partial charge in [-0.15, -0.1) is 0 Å². The molecule has 0 amide bonds. The van der Waals surface area contributed by atoms with E-state index in [1.807, 2.05) is 17.9 Å². The number of hydrogen-bond donors (Lipinski definition) is 1. The van der Waals surface area contributed by atoms with Crippen LogP contribution in [0.4, 0.5) is 0 Å². The first kappa shape index (κ1) is 14.1. The molecule has 2 saturated carbocycles. The Morgan fingerprint density at radius 3 is 2.65 bits per heavy atom. The molecule has 0 aromatic carbocycles. The Balaban J connectivity index is 1.75. The van der Waals surface area contributed by atoms with Gasteiger partial charge < -0.3 is 5.73 Å². The maximum atomic E-state index is 6.93. The molecular weight excluding hydrogens is 246 g/mol. The molecule has 0 spiro atoms. The van der Waals surface area contributed by atoms with Crippen molar-refractivity contribution in [1.82, 2.24) is 9.78 Å². The number of nitrogens with zero attached hydrogens (tertiary/aromatic N) is 2. The Morgan fingerprint density at radius 2 is 1.95 bits per heavy atom. The van der Waals surface area contributed by atoms with Crippen LogP contribution in [-0.4, -0.2) is 15.3 Å². The van der Waals surface area contributed by atoms with E-state index in [-0.39, 0.29) is 5.54 Å². The first-order valence-electron chi connectivity index (χ1n) is 8.45. The summed E-state index contributed by atoms with van der Waals surface area (Å²) in [6, 6.07) is 2.14. The summed E-state index contributed by atoms with van der Waals surface area (Å²) < 4.78 is 1.90. The minimum Gasteiger partial charge on any atom is -0.324 e.